The largest absolute Gasteiger partial charge is 0.493 e. The molecule has 0 N–H and O–H groups in total. The van der Waals surface area contributed by atoms with Crippen LogP contribution in [0.4, 0.5) is 0 Å². The van der Waals surface area contributed by atoms with E-state index in [0.29, 0.717) is 22.8 Å². The number of ketones is 1. The van der Waals surface area contributed by atoms with Crippen molar-refractivity contribution in [3.8, 4) is 17.2 Å². The Hall–Kier alpha value is -2.27. The monoisotopic (exact) mass is 304 g/mol. The van der Waals surface area contributed by atoms with Crippen LogP contribution >= 0.6 is 11.3 Å². The molecule has 110 valence electrons. The van der Waals surface area contributed by atoms with Crippen LogP contribution in [0.5, 0.6) is 17.2 Å². The Kier molecular flexibility index (Phi) is 5.00. The minimum atomic E-state index is -0.125. The number of methoxy groups -OCH3 is 3. The smallest absolute Gasteiger partial charge is 0.203 e. The van der Waals surface area contributed by atoms with Crippen molar-refractivity contribution in [2.24, 2.45) is 0 Å². The van der Waals surface area contributed by atoms with Gasteiger partial charge >= 0.3 is 0 Å². The minimum Gasteiger partial charge on any atom is -0.493 e. The van der Waals surface area contributed by atoms with Gasteiger partial charge in [-0.05, 0) is 40.6 Å². The zero-order valence-corrected chi connectivity index (χ0v) is 12.9. The first-order valence-corrected chi connectivity index (χ1v) is 7.18. The highest BCUT2D eigenvalue weighted by molar-refractivity contribution is 7.08. The first-order valence-electron chi connectivity index (χ1n) is 6.24. The highest BCUT2D eigenvalue weighted by Gasteiger charge is 2.15. The van der Waals surface area contributed by atoms with Gasteiger partial charge in [0.25, 0.3) is 0 Å². The number of hydrogen-bond acceptors (Lipinski definition) is 5. The third-order valence-electron chi connectivity index (χ3n) is 2.92. The van der Waals surface area contributed by atoms with Crippen LogP contribution in [0.3, 0.4) is 0 Å². The fourth-order valence-corrected chi connectivity index (χ4v) is 2.49. The van der Waals surface area contributed by atoms with Gasteiger partial charge in [0.15, 0.2) is 17.3 Å². The van der Waals surface area contributed by atoms with E-state index < -0.39 is 0 Å². The molecule has 0 bridgehead atoms. The summed E-state index contributed by atoms with van der Waals surface area (Å²) in [5, 5.41) is 3.93. The molecular weight excluding hydrogens is 288 g/mol. The van der Waals surface area contributed by atoms with Gasteiger partial charge in [0, 0.05) is 5.56 Å². The van der Waals surface area contributed by atoms with Gasteiger partial charge in [0.2, 0.25) is 5.75 Å². The molecule has 2 rings (SSSR count). The summed E-state index contributed by atoms with van der Waals surface area (Å²) in [6.07, 6.45) is 3.31. The molecule has 0 radical (unpaired) electrons. The Morgan fingerprint density at radius 1 is 1.10 bits per heavy atom. The van der Waals surface area contributed by atoms with E-state index in [2.05, 4.69) is 0 Å². The predicted molar refractivity (Wildman–Crippen MR) is 83.8 cm³/mol. The van der Waals surface area contributed by atoms with Crippen molar-refractivity contribution in [2.45, 2.75) is 0 Å². The summed E-state index contributed by atoms with van der Waals surface area (Å²) in [5.41, 5.74) is 1.48. The zero-order chi connectivity index (χ0) is 15.2. The lowest BCUT2D eigenvalue weighted by Crippen LogP contribution is -2.00. The average Bonchev–Trinajstić information content (AvgIpc) is 3.04. The van der Waals surface area contributed by atoms with Gasteiger partial charge < -0.3 is 14.2 Å². The van der Waals surface area contributed by atoms with Crippen molar-refractivity contribution in [3.63, 3.8) is 0 Å². The highest BCUT2D eigenvalue weighted by Crippen LogP contribution is 2.38. The molecule has 0 aliphatic heterocycles. The Bertz CT molecular complexity index is 619. The van der Waals surface area contributed by atoms with E-state index in [1.54, 1.807) is 29.5 Å². The van der Waals surface area contributed by atoms with Gasteiger partial charge in [-0.25, -0.2) is 0 Å². The van der Waals surface area contributed by atoms with Crippen LogP contribution in [0.15, 0.2) is 35.0 Å². The Morgan fingerprint density at radius 2 is 1.76 bits per heavy atom. The molecule has 21 heavy (non-hydrogen) atoms. The second kappa shape index (κ2) is 6.95. The van der Waals surface area contributed by atoms with Crippen molar-refractivity contribution < 1.29 is 19.0 Å². The third kappa shape index (κ3) is 3.44. The maximum atomic E-state index is 12.2. The molecule has 2 aromatic rings. The van der Waals surface area contributed by atoms with Crippen molar-refractivity contribution in [2.75, 3.05) is 21.3 Å². The fraction of sp³-hybridized carbons (Fsp3) is 0.188. The number of thiophene rings is 1. The maximum absolute atomic E-state index is 12.2. The number of rotatable bonds is 6. The summed E-state index contributed by atoms with van der Waals surface area (Å²) in [7, 11) is 4.57. The normalized spacial score (nSPS) is 10.6. The van der Waals surface area contributed by atoms with Crippen molar-refractivity contribution in [1.29, 1.82) is 0 Å². The molecule has 5 heteroatoms. The van der Waals surface area contributed by atoms with Crippen molar-refractivity contribution in [3.05, 3.63) is 46.2 Å². The second-order valence-electron chi connectivity index (χ2n) is 4.17. The Balaban J connectivity index is 2.33. The standard InChI is InChI=1S/C16H16O4S/c1-18-14-8-12(9-15(19-2)16(14)20-3)13(17)5-4-11-6-7-21-10-11/h4-10H,1-3H3/b5-4+. The van der Waals surface area contributed by atoms with E-state index in [1.807, 2.05) is 16.8 Å². The van der Waals surface area contributed by atoms with Crippen molar-refractivity contribution >= 4 is 23.2 Å². The third-order valence-corrected chi connectivity index (χ3v) is 3.62. The highest BCUT2D eigenvalue weighted by atomic mass is 32.1. The van der Waals surface area contributed by atoms with Crippen LogP contribution < -0.4 is 14.2 Å². The van der Waals surface area contributed by atoms with Gasteiger partial charge in [-0.2, -0.15) is 11.3 Å². The van der Waals surface area contributed by atoms with Crippen LogP contribution in [0.1, 0.15) is 15.9 Å². The van der Waals surface area contributed by atoms with E-state index in [1.165, 1.54) is 27.4 Å². The molecule has 0 aliphatic carbocycles. The number of allylic oxidation sites excluding steroid dienone is 1. The fourth-order valence-electron chi connectivity index (χ4n) is 1.86. The summed E-state index contributed by atoms with van der Waals surface area (Å²) >= 11 is 1.59. The number of hydrogen-bond donors (Lipinski definition) is 0. The first-order chi connectivity index (χ1) is 10.2. The Morgan fingerprint density at radius 3 is 2.24 bits per heavy atom. The van der Waals surface area contributed by atoms with Gasteiger partial charge in [0.05, 0.1) is 21.3 Å². The molecule has 1 heterocycles. The predicted octanol–water partition coefficient (Wildman–Crippen LogP) is 3.67. The topological polar surface area (TPSA) is 44.8 Å². The lowest BCUT2D eigenvalue weighted by Gasteiger charge is -2.13. The molecular formula is C16H16O4S. The van der Waals surface area contributed by atoms with E-state index >= 15 is 0 Å². The van der Waals surface area contributed by atoms with E-state index in [-0.39, 0.29) is 5.78 Å². The molecule has 1 aromatic carbocycles. The molecule has 0 amide bonds. The number of ether oxygens (including phenoxy) is 3. The van der Waals surface area contributed by atoms with Gasteiger partial charge in [-0.15, -0.1) is 0 Å². The molecule has 0 aliphatic rings. The summed E-state index contributed by atoms with van der Waals surface area (Å²) < 4.78 is 15.7. The van der Waals surface area contributed by atoms with Gasteiger partial charge in [0.1, 0.15) is 0 Å². The molecule has 0 saturated heterocycles. The molecule has 0 saturated carbocycles. The zero-order valence-electron chi connectivity index (χ0n) is 12.1. The number of carbonyl (C=O) groups excluding carboxylic acids is 1. The Labute approximate surface area is 127 Å². The van der Waals surface area contributed by atoms with E-state index in [4.69, 9.17) is 14.2 Å². The molecule has 0 spiro atoms. The average molecular weight is 304 g/mol. The molecule has 0 atom stereocenters. The first kappa shape index (κ1) is 15.1. The molecule has 0 fully saturated rings. The van der Waals surface area contributed by atoms with Crippen LogP contribution in [0.25, 0.3) is 6.08 Å². The van der Waals surface area contributed by atoms with Crippen molar-refractivity contribution in [1.82, 2.24) is 0 Å². The van der Waals surface area contributed by atoms with Gasteiger partial charge in [-0.3, -0.25) is 4.79 Å². The minimum absolute atomic E-state index is 0.125. The number of benzene rings is 1. The summed E-state index contributed by atoms with van der Waals surface area (Å²) in [6, 6.07) is 5.23. The molecule has 4 nitrogen and oxygen atoms in total. The van der Waals surface area contributed by atoms with Crippen LogP contribution in [0.2, 0.25) is 0 Å². The lowest BCUT2D eigenvalue weighted by molar-refractivity contribution is 0.104. The van der Waals surface area contributed by atoms with Crippen LogP contribution in [-0.2, 0) is 0 Å². The quantitative estimate of drug-likeness (QED) is 0.603. The van der Waals surface area contributed by atoms with Crippen LogP contribution in [0, 0.1) is 0 Å². The number of carbonyl (C=O) groups is 1. The molecule has 1 aromatic heterocycles. The van der Waals surface area contributed by atoms with E-state index in [9.17, 15) is 4.79 Å². The summed E-state index contributed by atoms with van der Waals surface area (Å²) in [5.74, 6) is 1.27. The van der Waals surface area contributed by atoms with E-state index in [0.717, 1.165) is 5.56 Å². The van der Waals surface area contributed by atoms with Gasteiger partial charge in [-0.1, -0.05) is 6.08 Å². The van der Waals surface area contributed by atoms with Crippen LogP contribution in [-0.4, -0.2) is 27.1 Å². The SMILES string of the molecule is COc1cc(C(=O)/C=C/c2ccsc2)cc(OC)c1OC. The summed E-state index contributed by atoms with van der Waals surface area (Å²) in [4.78, 5) is 12.2. The molecule has 0 unspecified atom stereocenters. The summed E-state index contributed by atoms with van der Waals surface area (Å²) in [6.45, 7) is 0. The lowest BCUT2D eigenvalue weighted by atomic mass is 10.1. The second-order valence-corrected chi connectivity index (χ2v) is 4.95. The maximum Gasteiger partial charge on any atom is 0.203 e.